The first kappa shape index (κ1) is 17.3. The van der Waals surface area contributed by atoms with E-state index in [1.807, 2.05) is 0 Å². The summed E-state index contributed by atoms with van der Waals surface area (Å²) in [6.45, 7) is -0.0506. The van der Waals surface area contributed by atoms with Crippen LogP contribution in [0, 0.1) is 0 Å². The lowest BCUT2D eigenvalue weighted by molar-refractivity contribution is -0.119. The van der Waals surface area contributed by atoms with Gasteiger partial charge in [-0.25, -0.2) is 8.42 Å². The molecule has 0 atom stereocenters. The maximum Gasteiger partial charge on any atom is 0.261 e. The number of hydrogen-bond acceptors (Lipinski definition) is 4. The molecule has 1 amide bonds. The van der Waals surface area contributed by atoms with Gasteiger partial charge in [0.2, 0.25) is 5.91 Å². The molecule has 6 nitrogen and oxygen atoms in total. The van der Waals surface area contributed by atoms with Crippen LogP contribution < -0.4 is 10.0 Å². The standard InChI is InChI=1S/C15H15ClN2O4S/c1-22-10-15(19)17-12-4-6-13(7-5-12)18-23(20,21)14-8-2-11(16)3-9-14/h2-9,18H,10H2,1H3,(H,17,19). The molecule has 0 radical (unpaired) electrons. The van der Waals surface area contributed by atoms with Crippen LogP contribution in [0.5, 0.6) is 0 Å². The van der Waals surface area contributed by atoms with E-state index >= 15 is 0 Å². The summed E-state index contributed by atoms with van der Waals surface area (Å²) in [5.74, 6) is -0.290. The van der Waals surface area contributed by atoms with E-state index in [4.69, 9.17) is 16.3 Å². The van der Waals surface area contributed by atoms with Crippen molar-refractivity contribution in [3.05, 3.63) is 53.6 Å². The minimum Gasteiger partial charge on any atom is -0.375 e. The van der Waals surface area contributed by atoms with Crippen LogP contribution in [0.25, 0.3) is 0 Å². The molecule has 0 unspecified atom stereocenters. The number of halogens is 1. The van der Waals surface area contributed by atoms with E-state index in [1.54, 1.807) is 24.3 Å². The summed E-state index contributed by atoms with van der Waals surface area (Å²) in [6, 6.07) is 12.1. The highest BCUT2D eigenvalue weighted by Gasteiger charge is 2.13. The van der Waals surface area contributed by atoms with Crippen molar-refractivity contribution in [3.8, 4) is 0 Å². The zero-order valence-corrected chi connectivity index (χ0v) is 13.8. The van der Waals surface area contributed by atoms with Gasteiger partial charge in [-0.05, 0) is 48.5 Å². The Kier molecular flexibility index (Phi) is 5.59. The Labute approximate surface area is 139 Å². The summed E-state index contributed by atoms with van der Waals surface area (Å²) >= 11 is 5.74. The van der Waals surface area contributed by atoms with Gasteiger partial charge in [0.15, 0.2) is 0 Å². The second-order valence-electron chi connectivity index (χ2n) is 4.62. The minimum absolute atomic E-state index is 0.0506. The zero-order valence-electron chi connectivity index (χ0n) is 12.2. The fourth-order valence-electron chi connectivity index (χ4n) is 1.78. The molecule has 2 aromatic rings. The summed E-state index contributed by atoms with van der Waals surface area (Å²) in [7, 11) is -2.27. The van der Waals surface area contributed by atoms with Crippen molar-refractivity contribution in [3.63, 3.8) is 0 Å². The summed E-state index contributed by atoms with van der Waals surface area (Å²) in [6.07, 6.45) is 0. The molecule has 23 heavy (non-hydrogen) atoms. The third-order valence-electron chi connectivity index (χ3n) is 2.82. The fourth-order valence-corrected chi connectivity index (χ4v) is 2.96. The van der Waals surface area contributed by atoms with E-state index in [9.17, 15) is 13.2 Å². The van der Waals surface area contributed by atoms with E-state index < -0.39 is 10.0 Å². The van der Waals surface area contributed by atoms with E-state index in [0.717, 1.165) is 0 Å². The van der Waals surface area contributed by atoms with Crippen LogP contribution in [0.2, 0.25) is 5.02 Å². The van der Waals surface area contributed by atoms with Crippen molar-refractivity contribution in [1.82, 2.24) is 0 Å². The van der Waals surface area contributed by atoms with Gasteiger partial charge in [0.1, 0.15) is 6.61 Å². The van der Waals surface area contributed by atoms with Crippen LogP contribution in [0.1, 0.15) is 0 Å². The number of ether oxygens (including phenoxy) is 1. The quantitative estimate of drug-likeness (QED) is 0.835. The van der Waals surface area contributed by atoms with Crippen LogP contribution >= 0.6 is 11.6 Å². The number of carbonyl (C=O) groups excluding carboxylic acids is 1. The molecule has 0 bridgehead atoms. The largest absolute Gasteiger partial charge is 0.375 e. The summed E-state index contributed by atoms with van der Waals surface area (Å²) in [4.78, 5) is 11.5. The van der Waals surface area contributed by atoms with Crippen LogP contribution in [-0.4, -0.2) is 28.0 Å². The molecular formula is C15H15ClN2O4S. The normalized spacial score (nSPS) is 11.0. The van der Waals surface area contributed by atoms with E-state index in [2.05, 4.69) is 10.0 Å². The molecule has 0 heterocycles. The number of sulfonamides is 1. The monoisotopic (exact) mass is 354 g/mol. The van der Waals surface area contributed by atoms with Gasteiger partial charge >= 0.3 is 0 Å². The molecule has 122 valence electrons. The first-order chi connectivity index (χ1) is 10.9. The molecule has 0 aromatic heterocycles. The van der Waals surface area contributed by atoms with Crippen molar-refractivity contribution in [2.45, 2.75) is 4.90 Å². The van der Waals surface area contributed by atoms with Crippen molar-refractivity contribution < 1.29 is 17.9 Å². The molecule has 0 saturated heterocycles. The molecule has 0 aliphatic heterocycles. The number of methoxy groups -OCH3 is 1. The topological polar surface area (TPSA) is 84.5 Å². The molecule has 0 aliphatic carbocycles. The van der Waals surface area contributed by atoms with Gasteiger partial charge in [0, 0.05) is 23.5 Å². The number of nitrogens with one attached hydrogen (secondary N) is 2. The molecule has 8 heteroatoms. The molecule has 0 saturated carbocycles. The lowest BCUT2D eigenvalue weighted by Gasteiger charge is -2.09. The van der Waals surface area contributed by atoms with Crippen LogP contribution in [0.3, 0.4) is 0 Å². The smallest absolute Gasteiger partial charge is 0.261 e. The van der Waals surface area contributed by atoms with Gasteiger partial charge < -0.3 is 10.1 Å². The van der Waals surface area contributed by atoms with Crippen molar-refractivity contribution in [2.75, 3.05) is 23.8 Å². The predicted molar refractivity (Wildman–Crippen MR) is 89.2 cm³/mol. The number of rotatable bonds is 6. The van der Waals surface area contributed by atoms with Gasteiger partial charge in [-0.3, -0.25) is 9.52 Å². The molecule has 2 rings (SSSR count). The fraction of sp³-hybridized carbons (Fsp3) is 0.133. The maximum absolute atomic E-state index is 12.2. The zero-order chi connectivity index (χ0) is 16.9. The highest BCUT2D eigenvalue weighted by atomic mass is 35.5. The van der Waals surface area contributed by atoms with E-state index in [0.29, 0.717) is 16.4 Å². The Morgan fingerprint density at radius 1 is 1.04 bits per heavy atom. The van der Waals surface area contributed by atoms with E-state index in [1.165, 1.54) is 31.4 Å². The van der Waals surface area contributed by atoms with Gasteiger partial charge in [0.05, 0.1) is 4.90 Å². The first-order valence-corrected chi connectivity index (χ1v) is 8.44. The Morgan fingerprint density at radius 2 is 1.61 bits per heavy atom. The predicted octanol–water partition coefficient (Wildman–Crippen LogP) is 2.73. The number of carbonyl (C=O) groups is 1. The maximum atomic E-state index is 12.2. The Balaban J connectivity index is 2.08. The highest BCUT2D eigenvalue weighted by Crippen LogP contribution is 2.19. The third-order valence-corrected chi connectivity index (χ3v) is 4.47. The Hall–Kier alpha value is -2.09. The lowest BCUT2D eigenvalue weighted by atomic mass is 10.3. The average molecular weight is 355 g/mol. The van der Waals surface area contributed by atoms with Crippen molar-refractivity contribution >= 4 is 38.9 Å². The number of hydrogen-bond donors (Lipinski definition) is 2. The Bertz CT molecular complexity index is 774. The van der Waals surface area contributed by atoms with Crippen molar-refractivity contribution in [1.29, 1.82) is 0 Å². The number of amides is 1. The molecule has 2 N–H and O–H groups in total. The van der Waals surface area contributed by atoms with Gasteiger partial charge in [-0.15, -0.1) is 0 Å². The average Bonchev–Trinajstić information content (AvgIpc) is 2.50. The molecule has 0 fully saturated rings. The second-order valence-corrected chi connectivity index (χ2v) is 6.74. The van der Waals surface area contributed by atoms with Crippen LogP contribution in [-0.2, 0) is 19.6 Å². The minimum atomic E-state index is -3.69. The van der Waals surface area contributed by atoms with Gasteiger partial charge in [-0.1, -0.05) is 11.6 Å². The Morgan fingerprint density at radius 3 is 2.17 bits per heavy atom. The third kappa shape index (κ3) is 4.95. The van der Waals surface area contributed by atoms with Crippen LogP contribution in [0.4, 0.5) is 11.4 Å². The van der Waals surface area contributed by atoms with Gasteiger partial charge in [0.25, 0.3) is 10.0 Å². The van der Waals surface area contributed by atoms with Gasteiger partial charge in [-0.2, -0.15) is 0 Å². The highest BCUT2D eigenvalue weighted by molar-refractivity contribution is 7.92. The molecule has 0 aliphatic rings. The van der Waals surface area contributed by atoms with Crippen molar-refractivity contribution in [2.24, 2.45) is 0 Å². The summed E-state index contributed by atoms with van der Waals surface area (Å²) in [5, 5.41) is 3.07. The number of anilines is 2. The SMILES string of the molecule is COCC(=O)Nc1ccc(NS(=O)(=O)c2ccc(Cl)cc2)cc1. The summed E-state index contributed by atoms with van der Waals surface area (Å²) < 4.78 is 31.6. The summed E-state index contributed by atoms with van der Waals surface area (Å²) in [5.41, 5.74) is 0.922. The molecular weight excluding hydrogens is 340 g/mol. The molecule has 2 aromatic carbocycles. The lowest BCUT2D eigenvalue weighted by Crippen LogP contribution is -2.17. The molecule has 0 spiro atoms. The van der Waals surface area contributed by atoms with E-state index in [-0.39, 0.29) is 17.4 Å². The second kappa shape index (κ2) is 7.45. The van der Waals surface area contributed by atoms with Crippen LogP contribution in [0.15, 0.2) is 53.4 Å². The number of benzene rings is 2. The first-order valence-electron chi connectivity index (χ1n) is 6.58.